The molecule has 0 fully saturated rings. The van der Waals surface area contributed by atoms with Crippen molar-refractivity contribution < 1.29 is 21.7 Å². The summed E-state index contributed by atoms with van der Waals surface area (Å²) < 4.78 is 0. The second-order valence-electron chi connectivity index (χ2n) is 8.87. The normalized spacial score (nSPS) is 12.6. The monoisotopic (exact) mass is 504 g/mol. The fourth-order valence-electron chi connectivity index (χ4n) is 5.42. The van der Waals surface area contributed by atoms with Crippen molar-refractivity contribution in [3.63, 3.8) is 0 Å². The zero-order valence-corrected chi connectivity index (χ0v) is 22.6. The molecule has 0 N–H and O–H groups in total. The first-order chi connectivity index (χ1) is 15.0. The zero-order chi connectivity index (χ0) is 21.3. The van der Waals surface area contributed by atoms with Gasteiger partial charge in [-0.15, -0.1) is 0 Å². The summed E-state index contributed by atoms with van der Waals surface area (Å²) in [6.45, 7) is 4.42. The summed E-state index contributed by atoms with van der Waals surface area (Å²) >= 11 is 14.2. The third-order valence-electron chi connectivity index (χ3n) is 7.09. The van der Waals surface area contributed by atoms with E-state index in [1.807, 2.05) is 0 Å². The molecule has 2 aliphatic rings. The quantitative estimate of drug-likeness (QED) is 0.259. The van der Waals surface area contributed by atoms with Gasteiger partial charge in [-0.05, 0) is 68.7 Å². The molecule has 0 radical (unpaired) electrons. The van der Waals surface area contributed by atoms with E-state index < -0.39 is 9.52 Å². The molecule has 32 heavy (non-hydrogen) atoms. The van der Waals surface area contributed by atoms with Crippen molar-refractivity contribution in [2.45, 2.75) is 26.7 Å². The van der Waals surface area contributed by atoms with Crippen LogP contribution in [0.25, 0.3) is 22.3 Å². The van der Waals surface area contributed by atoms with E-state index in [-0.39, 0.29) is 21.7 Å². The van der Waals surface area contributed by atoms with Gasteiger partial charge >= 0.3 is 0 Å². The summed E-state index contributed by atoms with van der Waals surface area (Å²) in [5, 5.41) is 4.62. The largest absolute Gasteiger partial charge is 0.0921 e. The standard InChI is InChI=1S/C28H22Cl2Si.Ti/c1-15-11-21-19-9-5-3-7-17(19)13-23(21)25(29)27(15)31-28-16(2)12-22-20-10-6-4-8-18(20)14-24(22)26(28)30;/h3-12H,13-14,31H2,1-2H3;. The Hall–Kier alpha value is -1.61. The van der Waals surface area contributed by atoms with Crippen molar-refractivity contribution in [1.29, 1.82) is 0 Å². The Kier molecular flexibility index (Phi) is 5.76. The molecule has 0 nitrogen and oxygen atoms in total. The van der Waals surface area contributed by atoms with Crippen molar-refractivity contribution in [2.24, 2.45) is 0 Å². The molecule has 4 heteroatoms. The topological polar surface area (TPSA) is 0 Å². The summed E-state index contributed by atoms with van der Waals surface area (Å²) in [4.78, 5) is 0. The number of halogens is 2. The van der Waals surface area contributed by atoms with E-state index in [9.17, 15) is 0 Å². The Balaban J connectivity index is 0.00000216. The molecule has 0 bridgehead atoms. The van der Waals surface area contributed by atoms with Crippen LogP contribution in [0.5, 0.6) is 0 Å². The van der Waals surface area contributed by atoms with E-state index in [4.69, 9.17) is 23.2 Å². The van der Waals surface area contributed by atoms with Gasteiger partial charge in [0.05, 0.1) is 9.52 Å². The summed E-state index contributed by atoms with van der Waals surface area (Å²) in [6.07, 6.45) is 1.86. The van der Waals surface area contributed by atoms with E-state index in [0.29, 0.717) is 0 Å². The van der Waals surface area contributed by atoms with Gasteiger partial charge in [0.1, 0.15) is 0 Å². The second-order valence-corrected chi connectivity index (χ2v) is 11.4. The van der Waals surface area contributed by atoms with E-state index in [1.54, 1.807) is 0 Å². The number of rotatable bonds is 2. The Morgan fingerprint density at radius 1 is 0.625 bits per heavy atom. The fraction of sp³-hybridized carbons (Fsp3) is 0.143. The molecule has 0 aromatic heterocycles. The summed E-state index contributed by atoms with van der Waals surface area (Å²) in [7, 11) is -0.822. The first-order valence-electron chi connectivity index (χ1n) is 10.8. The van der Waals surface area contributed by atoms with Crippen LogP contribution >= 0.6 is 23.2 Å². The average molecular weight is 505 g/mol. The Morgan fingerprint density at radius 3 is 1.47 bits per heavy atom. The van der Waals surface area contributed by atoms with Gasteiger partial charge in [0.15, 0.2) is 0 Å². The smallest absolute Gasteiger partial charge is 0.0841 e. The Morgan fingerprint density at radius 2 is 1.03 bits per heavy atom. The molecule has 0 saturated heterocycles. The first-order valence-corrected chi connectivity index (χ1v) is 13.0. The molecule has 6 rings (SSSR count). The fourth-order valence-corrected chi connectivity index (χ4v) is 8.31. The van der Waals surface area contributed by atoms with E-state index >= 15 is 0 Å². The van der Waals surface area contributed by atoms with E-state index in [0.717, 1.165) is 22.9 Å². The van der Waals surface area contributed by atoms with Gasteiger partial charge in [0, 0.05) is 44.6 Å². The number of fused-ring (bicyclic) bond motifs is 6. The molecule has 0 unspecified atom stereocenters. The van der Waals surface area contributed by atoms with Crippen LogP contribution in [0.2, 0.25) is 10.0 Å². The molecular formula is C28H22Cl2SiTi. The maximum Gasteiger partial charge on any atom is 0.0921 e. The van der Waals surface area contributed by atoms with Crippen LogP contribution in [-0.2, 0) is 34.6 Å². The van der Waals surface area contributed by atoms with Crippen LogP contribution in [-0.4, -0.2) is 9.52 Å². The van der Waals surface area contributed by atoms with Gasteiger partial charge in [0.2, 0.25) is 0 Å². The van der Waals surface area contributed by atoms with Crippen LogP contribution < -0.4 is 10.4 Å². The predicted molar refractivity (Wildman–Crippen MR) is 137 cm³/mol. The van der Waals surface area contributed by atoms with Crippen molar-refractivity contribution in [3.8, 4) is 22.3 Å². The van der Waals surface area contributed by atoms with Crippen molar-refractivity contribution in [3.05, 3.63) is 104 Å². The summed E-state index contributed by atoms with van der Waals surface area (Å²) in [5.74, 6) is 0. The molecule has 0 atom stereocenters. The Labute approximate surface area is 216 Å². The van der Waals surface area contributed by atoms with Crippen LogP contribution in [0.3, 0.4) is 0 Å². The van der Waals surface area contributed by atoms with Gasteiger partial charge in [-0.1, -0.05) is 95.0 Å². The van der Waals surface area contributed by atoms with Crippen molar-refractivity contribution in [1.82, 2.24) is 0 Å². The number of hydrogen-bond acceptors (Lipinski definition) is 0. The Bertz CT molecular complexity index is 1300. The molecular weight excluding hydrogens is 483 g/mol. The van der Waals surface area contributed by atoms with Crippen LogP contribution in [0.1, 0.15) is 33.4 Å². The second kappa shape index (κ2) is 8.31. The number of benzene rings is 4. The van der Waals surface area contributed by atoms with Gasteiger partial charge in [-0.2, -0.15) is 0 Å². The summed E-state index contributed by atoms with van der Waals surface area (Å²) in [6, 6.07) is 22.0. The maximum atomic E-state index is 7.09. The molecule has 4 aromatic rings. The molecule has 0 heterocycles. The van der Waals surface area contributed by atoms with Gasteiger partial charge < -0.3 is 0 Å². The maximum absolute atomic E-state index is 7.09. The van der Waals surface area contributed by atoms with Crippen LogP contribution in [0, 0.1) is 13.8 Å². The van der Waals surface area contributed by atoms with E-state index in [1.165, 1.54) is 66.0 Å². The SMILES string of the molecule is Cc1cc2c(c(Cl)c1[SiH2]c1c(C)cc3c(c1Cl)Cc1ccccc1-3)Cc1ccccc1-2.[Ti]. The predicted octanol–water partition coefficient (Wildman–Crippen LogP) is 5.87. The molecule has 2 aliphatic carbocycles. The number of aryl methyl sites for hydroxylation is 2. The molecule has 0 amide bonds. The zero-order valence-electron chi connectivity index (χ0n) is 18.2. The van der Waals surface area contributed by atoms with Gasteiger partial charge in [-0.3, -0.25) is 0 Å². The molecule has 4 aromatic carbocycles. The van der Waals surface area contributed by atoms with Gasteiger partial charge in [0.25, 0.3) is 0 Å². The van der Waals surface area contributed by atoms with Gasteiger partial charge in [-0.25, -0.2) is 0 Å². The van der Waals surface area contributed by atoms with Crippen molar-refractivity contribution in [2.75, 3.05) is 0 Å². The molecule has 156 valence electrons. The first kappa shape index (κ1) is 22.2. The number of hydrogen-bond donors (Lipinski definition) is 0. The average Bonchev–Trinajstić information content (AvgIpc) is 3.32. The minimum atomic E-state index is -0.822. The molecule has 0 saturated carbocycles. The minimum absolute atomic E-state index is 0. The summed E-state index contributed by atoms with van der Waals surface area (Å²) in [5.41, 5.74) is 13.2. The van der Waals surface area contributed by atoms with Crippen LogP contribution in [0.15, 0.2) is 60.7 Å². The molecule has 0 spiro atoms. The third-order valence-corrected chi connectivity index (χ3v) is 11.0. The third kappa shape index (κ3) is 3.30. The van der Waals surface area contributed by atoms with Crippen molar-refractivity contribution >= 4 is 43.1 Å². The molecule has 0 aliphatic heterocycles. The minimum Gasteiger partial charge on any atom is -0.0841 e. The van der Waals surface area contributed by atoms with Crippen LogP contribution in [0.4, 0.5) is 0 Å². The van der Waals surface area contributed by atoms with E-state index in [2.05, 4.69) is 74.5 Å².